The number of ether oxygens (including phenoxy) is 1. The van der Waals surface area contributed by atoms with Crippen LogP contribution in [0.2, 0.25) is 0 Å². The second-order valence-corrected chi connectivity index (χ2v) is 3.67. The molecule has 0 fully saturated rings. The maximum Gasteiger partial charge on any atom is 0.0946 e. The fourth-order valence-corrected chi connectivity index (χ4v) is 1.19. The van der Waals surface area contributed by atoms with Crippen LogP contribution in [-0.2, 0) is 4.74 Å². The molecule has 0 radical (unpaired) electrons. The molecule has 0 aliphatic carbocycles. The van der Waals surface area contributed by atoms with E-state index < -0.39 is 0 Å². The minimum atomic E-state index is 0.771. The highest BCUT2D eigenvalue weighted by atomic mass is 16.5. The SMILES string of the molecule is C=C(C)CCCC(OCC)=C(C)C. The van der Waals surface area contributed by atoms with Crippen molar-refractivity contribution in [3.05, 3.63) is 23.5 Å². The zero-order chi connectivity index (χ0) is 10.3. The van der Waals surface area contributed by atoms with Gasteiger partial charge in [-0.3, -0.25) is 0 Å². The van der Waals surface area contributed by atoms with Crippen molar-refractivity contribution in [1.82, 2.24) is 0 Å². The quantitative estimate of drug-likeness (QED) is 0.444. The average Bonchev–Trinajstić information content (AvgIpc) is 2.02. The molecule has 0 saturated heterocycles. The molecule has 0 bridgehead atoms. The molecule has 1 heteroatoms. The van der Waals surface area contributed by atoms with Crippen LogP contribution in [-0.4, -0.2) is 6.61 Å². The molecule has 0 aliphatic heterocycles. The Morgan fingerprint density at radius 1 is 1.15 bits per heavy atom. The van der Waals surface area contributed by atoms with Crippen LogP contribution in [0.4, 0.5) is 0 Å². The molecule has 0 aliphatic rings. The van der Waals surface area contributed by atoms with Crippen LogP contribution in [0.25, 0.3) is 0 Å². The molecule has 0 atom stereocenters. The van der Waals surface area contributed by atoms with Crippen LogP contribution in [0.3, 0.4) is 0 Å². The lowest BCUT2D eigenvalue weighted by Crippen LogP contribution is -1.94. The normalized spacial score (nSPS) is 9.54. The number of hydrogen-bond acceptors (Lipinski definition) is 1. The molecule has 0 unspecified atom stereocenters. The average molecular weight is 182 g/mol. The predicted molar refractivity (Wildman–Crippen MR) is 58.7 cm³/mol. The molecule has 0 aromatic heterocycles. The van der Waals surface area contributed by atoms with E-state index in [-0.39, 0.29) is 0 Å². The Morgan fingerprint density at radius 2 is 1.77 bits per heavy atom. The summed E-state index contributed by atoms with van der Waals surface area (Å²) in [4.78, 5) is 0. The van der Waals surface area contributed by atoms with Gasteiger partial charge < -0.3 is 4.74 Å². The largest absolute Gasteiger partial charge is 0.498 e. The lowest BCUT2D eigenvalue weighted by molar-refractivity contribution is 0.213. The summed E-state index contributed by atoms with van der Waals surface area (Å²) in [7, 11) is 0. The van der Waals surface area contributed by atoms with E-state index in [9.17, 15) is 0 Å². The van der Waals surface area contributed by atoms with Crippen molar-refractivity contribution in [2.24, 2.45) is 0 Å². The van der Waals surface area contributed by atoms with Crippen molar-refractivity contribution in [3.63, 3.8) is 0 Å². The van der Waals surface area contributed by atoms with Crippen LogP contribution in [0, 0.1) is 0 Å². The van der Waals surface area contributed by atoms with Crippen molar-refractivity contribution in [3.8, 4) is 0 Å². The van der Waals surface area contributed by atoms with E-state index in [0.29, 0.717) is 0 Å². The predicted octanol–water partition coefficient (Wildman–Crippen LogP) is 4.06. The minimum absolute atomic E-state index is 0.771. The Bertz CT molecular complexity index is 185. The van der Waals surface area contributed by atoms with E-state index in [0.717, 1.165) is 31.6 Å². The van der Waals surface area contributed by atoms with Gasteiger partial charge in [0.1, 0.15) is 0 Å². The number of hydrogen-bond donors (Lipinski definition) is 0. The summed E-state index contributed by atoms with van der Waals surface area (Å²) in [6.45, 7) is 13.0. The van der Waals surface area contributed by atoms with Gasteiger partial charge in [0.15, 0.2) is 0 Å². The highest BCUT2D eigenvalue weighted by molar-refractivity contribution is 5.03. The highest BCUT2D eigenvalue weighted by Crippen LogP contribution is 2.15. The van der Waals surface area contributed by atoms with E-state index in [2.05, 4.69) is 27.4 Å². The molecule has 76 valence electrons. The second kappa shape index (κ2) is 6.76. The molecule has 0 aromatic rings. The summed E-state index contributed by atoms with van der Waals surface area (Å²) in [5.74, 6) is 1.16. The first-order valence-electron chi connectivity index (χ1n) is 5.01. The number of allylic oxidation sites excluding steroid dienone is 3. The van der Waals surface area contributed by atoms with Crippen molar-refractivity contribution in [2.75, 3.05) is 6.61 Å². The molecule has 0 aromatic carbocycles. The Kier molecular flexibility index (Phi) is 6.38. The zero-order valence-electron chi connectivity index (χ0n) is 9.44. The first-order chi connectivity index (χ1) is 6.07. The van der Waals surface area contributed by atoms with Crippen LogP contribution >= 0.6 is 0 Å². The molecule has 13 heavy (non-hydrogen) atoms. The molecule has 0 heterocycles. The molecule has 0 rings (SSSR count). The van der Waals surface area contributed by atoms with Gasteiger partial charge in [-0.05, 0) is 46.1 Å². The second-order valence-electron chi connectivity index (χ2n) is 3.67. The standard InChI is InChI=1S/C12H22O/c1-6-13-12(11(4)5)9-7-8-10(2)3/h2,6-9H2,1,3-5H3. The first kappa shape index (κ1) is 12.3. The third-order valence-corrected chi connectivity index (χ3v) is 1.88. The van der Waals surface area contributed by atoms with Gasteiger partial charge >= 0.3 is 0 Å². The van der Waals surface area contributed by atoms with Crippen LogP contribution in [0.1, 0.15) is 47.0 Å². The van der Waals surface area contributed by atoms with Gasteiger partial charge in [0.05, 0.1) is 12.4 Å². The maximum atomic E-state index is 5.54. The summed E-state index contributed by atoms with van der Waals surface area (Å²) in [6, 6.07) is 0. The Balaban J connectivity index is 3.85. The minimum Gasteiger partial charge on any atom is -0.498 e. The van der Waals surface area contributed by atoms with Crippen molar-refractivity contribution in [1.29, 1.82) is 0 Å². The van der Waals surface area contributed by atoms with Gasteiger partial charge in [-0.1, -0.05) is 5.57 Å². The van der Waals surface area contributed by atoms with E-state index in [4.69, 9.17) is 4.74 Å². The van der Waals surface area contributed by atoms with E-state index in [1.807, 2.05) is 6.92 Å². The molecular weight excluding hydrogens is 160 g/mol. The Hall–Kier alpha value is -0.720. The zero-order valence-corrected chi connectivity index (χ0v) is 9.44. The molecule has 1 nitrogen and oxygen atoms in total. The third-order valence-electron chi connectivity index (χ3n) is 1.88. The Labute approximate surface area is 82.5 Å². The van der Waals surface area contributed by atoms with Gasteiger partial charge in [0.2, 0.25) is 0 Å². The van der Waals surface area contributed by atoms with Crippen molar-refractivity contribution in [2.45, 2.75) is 47.0 Å². The summed E-state index contributed by atoms with van der Waals surface area (Å²) in [5, 5.41) is 0. The van der Waals surface area contributed by atoms with Gasteiger partial charge in [-0.2, -0.15) is 0 Å². The molecule has 0 spiro atoms. The third kappa shape index (κ3) is 6.44. The van der Waals surface area contributed by atoms with Crippen LogP contribution < -0.4 is 0 Å². The van der Waals surface area contributed by atoms with Gasteiger partial charge in [0, 0.05) is 6.42 Å². The van der Waals surface area contributed by atoms with Crippen molar-refractivity contribution < 1.29 is 4.74 Å². The van der Waals surface area contributed by atoms with E-state index in [1.165, 1.54) is 11.1 Å². The fourth-order valence-electron chi connectivity index (χ4n) is 1.19. The van der Waals surface area contributed by atoms with Gasteiger partial charge in [-0.25, -0.2) is 0 Å². The van der Waals surface area contributed by atoms with Crippen molar-refractivity contribution >= 4 is 0 Å². The smallest absolute Gasteiger partial charge is 0.0946 e. The highest BCUT2D eigenvalue weighted by Gasteiger charge is 1.99. The topological polar surface area (TPSA) is 9.23 Å². The first-order valence-corrected chi connectivity index (χ1v) is 5.01. The number of rotatable bonds is 6. The lowest BCUT2D eigenvalue weighted by Gasteiger charge is -2.10. The van der Waals surface area contributed by atoms with E-state index >= 15 is 0 Å². The van der Waals surface area contributed by atoms with E-state index in [1.54, 1.807) is 0 Å². The fraction of sp³-hybridized carbons (Fsp3) is 0.667. The van der Waals surface area contributed by atoms with Crippen LogP contribution in [0.15, 0.2) is 23.5 Å². The lowest BCUT2D eigenvalue weighted by atomic mass is 10.1. The molecule has 0 N–H and O–H groups in total. The Morgan fingerprint density at radius 3 is 2.15 bits per heavy atom. The van der Waals surface area contributed by atoms with Crippen LogP contribution in [0.5, 0.6) is 0 Å². The van der Waals surface area contributed by atoms with Gasteiger partial charge in [0.25, 0.3) is 0 Å². The molecule has 0 amide bonds. The van der Waals surface area contributed by atoms with Gasteiger partial charge in [-0.15, -0.1) is 6.58 Å². The summed E-state index contributed by atoms with van der Waals surface area (Å²) in [6.07, 6.45) is 3.29. The summed E-state index contributed by atoms with van der Waals surface area (Å²) in [5.41, 5.74) is 2.55. The summed E-state index contributed by atoms with van der Waals surface area (Å²) < 4.78 is 5.54. The molecule has 0 saturated carbocycles. The maximum absolute atomic E-state index is 5.54. The summed E-state index contributed by atoms with van der Waals surface area (Å²) >= 11 is 0. The molecular formula is C12H22O. The monoisotopic (exact) mass is 182 g/mol.